The van der Waals surface area contributed by atoms with Crippen LogP contribution in [0.1, 0.15) is 44.9 Å². The molecular weight excluding hydrogens is 254 g/mol. The highest BCUT2D eigenvalue weighted by Crippen LogP contribution is 2.35. The number of piperazine rings is 1. The highest BCUT2D eigenvalue weighted by molar-refractivity contribution is 5.88. The van der Waals surface area contributed by atoms with Gasteiger partial charge in [-0.3, -0.25) is 9.59 Å². The van der Waals surface area contributed by atoms with E-state index in [2.05, 4.69) is 5.32 Å². The topological polar surface area (TPSA) is 75.4 Å². The minimum absolute atomic E-state index is 0.00351. The van der Waals surface area contributed by atoms with Crippen molar-refractivity contribution in [2.75, 3.05) is 13.1 Å². The Kier molecular flexibility index (Phi) is 3.96. The van der Waals surface area contributed by atoms with Gasteiger partial charge < -0.3 is 16.0 Å². The Morgan fingerprint density at radius 2 is 2.00 bits per heavy atom. The number of carbonyl (C=O) groups is 2. The molecule has 3 rings (SSSR count). The molecule has 0 aromatic rings. The van der Waals surface area contributed by atoms with Crippen LogP contribution in [-0.4, -0.2) is 41.9 Å². The zero-order valence-electron chi connectivity index (χ0n) is 12.0. The monoisotopic (exact) mass is 279 g/mol. The standard InChI is InChI=1S/C15H25N3O2/c16-8-10-4-3-5-11(10)15(20)18-9-14(19)17-12-6-1-2-7-13(12)18/h10-13H,1-9,16H2,(H,17,19)/t10-,11-,12?,13?/m1/s1. The van der Waals surface area contributed by atoms with Crippen molar-refractivity contribution in [3.8, 4) is 0 Å². The summed E-state index contributed by atoms with van der Waals surface area (Å²) in [6.45, 7) is 0.832. The number of nitrogens with one attached hydrogen (secondary N) is 1. The molecule has 3 N–H and O–H groups in total. The first-order valence-electron chi connectivity index (χ1n) is 8.00. The lowest BCUT2D eigenvalue weighted by atomic mass is 9.85. The van der Waals surface area contributed by atoms with Crippen LogP contribution in [0.4, 0.5) is 0 Å². The fraction of sp³-hybridized carbons (Fsp3) is 0.867. The van der Waals surface area contributed by atoms with Crippen LogP contribution in [0.15, 0.2) is 0 Å². The Balaban J connectivity index is 1.76. The third kappa shape index (κ3) is 2.43. The molecule has 0 radical (unpaired) electrons. The average molecular weight is 279 g/mol. The Morgan fingerprint density at radius 1 is 1.20 bits per heavy atom. The summed E-state index contributed by atoms with van der Waals surface area (Å²) in [7, 11) is 0. The van der Waals surface area contributed by atoms with Crippen molar-refractivity contribution in [3.05, 3.63) is 0 Å². The molecule has 1 aliphatic heterocycles. The van der Waals surface area contributed by atoms with E-state index < -0.39 is 0 Å². The van der Waals surface area contributed by atoms with Crippen LogP contribution < -0.4 is 11.1 Å². The molecule has 5 heteroatoms. The van der Waals surface area contributed by atoms with Gasteiger partial charge in [0.25, 0.3) is 0 Å². The summed E-state index contributed by atoms with van der Waals surface area (Å²) < 4.78 is 0. The number of nitrogens with zero attached hydrogens (tertiary/aromatic N) is 1. The second-order valence-electron chi connectivity index (χ2n) is 6.53. The van der Waals surface area contributed by atoms with Crippen LogP contribution in [0, 0.1) is 11.8 Å². The first-order valence-corrected chi connectivity index (χ1v) is 8.00. The maximum atomic E-state index is 12.9. The number of carbonyl (C=O) groups excluding carboxylic acids is 2. The van der Waals surface area contributed by atoms with Gasteiger partial charge in [0.05, 0.1) is 12.6 Å². The maximum Gasteiger partial charge on any atom is 0.239 e. The highest BCUT2D eigenvalue weighted by atomic mass is 16.2. The molecule has 0 aromatic carbocycles. The number of hydrogen-bond acceptors (Lipinski definition) is 3. The fourth-order valence-corrected chi connectivity index (χ4v) is 4.28. The van der Waals surface area contributed by atoms with E-state index in [1.54, 1.807) is 0 Å². The second kappa shape index (κ2) is 5.72. The van der Waals surface area contributed by atoms with Crippen LogP contribution in [0.25, 0.3) is 0 Å². The molecule has 4 atom stereocenters. The SMILES string of the molecule is NC[C@H]1CCC[C@H]1C(=O)N1CC(=O)NC2CCCCC21. The Bertz CT molecular complexity index is 399. The largest absolute Gasteiger partial charge is 0.350 e. The van der Waals surface area contributed by atoms with Gasteiger partial charge >= 0.3 is 0 Å². The van der Waals surface area contributed by atoms with E-state index in [4.69, 9.17) is 5.73 Å². The lowest BCUT2D eigenvalue weighted by Gasteiger charge is -2.45. The van der Waals surface area contributed by atoms with Crippen LogP contribution in [0.5, 0.6) is 0 Å². The summed E-state index contributed by atoms with van der Waals surface area (Å²) in [5.74, 6) is 0.552. The molecule has 3 aliphatic rings. The number of hydrogen-bond donors (Lipinski definition) is 2. The molecule has 0 aromatic heterocycles. The summed E-state index contributed by atoms with van der Waals surface area (Å²) in [5.41, 5.74) is 5.80. The van der Waals surface area contributed by atoms with E-state index in [9.17, 15) is 9.59 Å². The van der Waals surface area contributed by atoms with Crippen LogP contribution in [-0.2, 0) is 9.59 Å². The van der Waals surface area contributed by atoms with Gasteiger partial charge in [0.2, 0.25) is 11.8 Å². The summed E-state index contributed by atoms with van der Waals surface area (Å²) in [6, 6.07) is 0.389. The van der Waals surface area contributed by atoms with E-state index in [1.165, 1.54) is 0 Å². The summed E-state index contributed by atoms with van der Waals surface area (Å²) >= 11 is 0. The third-order valence-electron chi connectivity index (χ3n) is 5.35. The Hall–Kier alpha value is -1.10. The number of nitrogens with two attached hydrogens (primary N) is 1. The molecule has 2 aliphatic carbocycles. The van der Waals surface area contributed by atoms with E-state index in [1.807, 2.05) is 4.90 Å². The molecule has 5 nitrogen and oxygen atoms in total. The zero-order chi connectivity index (χ0) is 14.1. The first-order chi connectivity index (χ1) is 9.70. The van der Waals surface area contributed by atoms with Gasteiger partial charge in [-0.15, -0.1) is 0 Å². The second-order valence-corrected chi connectivity index (χ2v) is 6.53. The third-order valence-corrected chi connectivity index (χ3v) is 5.35. The number of amides is 2. The molecule has 0 bridgehead atoms. The predicted molar refractivity (Wildman–Crippen MR) is 75.8 cm³/mol. The van der Waals surface area contributed by atoms with Gasteiger partial charge in [0, 0.05) is 12.0 Å². The van der Waals surface area contributed by atoms with E-state index in [-0.39, 0.29) is 36.4 Å². The summed E-state index contributed by atoms with van der Waals surface area (Å²) in [6.07, 6.45) is 7.43. The van der Waals surface area contributed by atoms with Gasteiger partial charge in [0.15, 0.2) is 0 Å². The van der Waals surface area contributed by atoms with E-state index in [0.717, 1.165) is 44.9 Å². The van der Waals surface area contributed by atoms with Gasteiger partial charge in [-0.25, -0.2) is 0 Å². The predicted octanol–water partition coefficient (Wildman–Crippen LogP) is 0.631. The molecule has 2 unspecified atom stereocenters. The molecule has 1 saturated heterocycles. The van der Waals surface area contributed by atoms with Crippen molar-refractivity contribution in [2.24, 2.45) is 17.6 Å². The van der Waals surface area contributed by atoms with Crippen molar-refractivity contribution >= 4 is 11.8 Å². The van der Waals surface area contributed by atoms with Crippen LogP contribution in [0.3, 0.4) is 0 Å². The van der Waals surface area contributed by atoms with Gasteiger partial charge in [-0.1, -0.05) is 19.3 Å². The summed E-state index contributed by atoms with van der Waals surface area (Å²) in [5, 5.41) is 3.06. The molecule has 2 saturated carbocycles. The molecule has 3 fully saturated rings. The minimum atomic E-state index is 0.00351. The van der Waals surface area contributed by atoms with Crippen LogP contribution in [0.2, 0.25) is 0 Å². The summed E-state index contributed by atoms with van der Waals surface area (Å²) in [4.78, 5) is 26.6. The van der Waals surface area contributed by atoms with Gasteiger partial charge in [-0.2, -0.15) is 0 Å². The van der Waals surface area contributed by atoms with Gasteiger partial charge in [-0.05, 0) is 38.1 Å². The highest BCUT2D eigenvalue weighted by Gasteiger charge is 2.43. The molecule has 1 heterocycles. The Labute approximate surface area is 120 Å². The molecular formula is C15H25N3O2. The lowest BCUT2D eigenvalue weighted by molar-refractivity contribution is -0.148. The molecule has 20 heavy (non-hydrogen) atoms. The maximum absolute atomic E-state index is 12.9. The smallest absolute Gasteiger partial charge is 0.239 e. The number of fused-ring (bicyclic) bond motifs is 1. The normalized spacial score (nSPS) is 37.5. The quantitative estimate of drug-likeness (QED) is 0.778. The minimum Gasteiger partial charge on any atom is -0.350 e. The van der Waals surface area contributed by atoms with Crippen molar-refractivity contribution < 1.29 is 9.59 Å². The molecule has 0 spiro atoms. The molecule has 2 amide bonds. The van der Waals surface area contributed by atoms with E-state index in [0.29, 0.717) is 12.5 Å². The lowest BCUT2D eigenvalue weighted by Crippen LogP contribution is -2.64. The van der Waals surface area contributed by atoms with Crippen molar-refractivity contribution in [2.45, 2.75) is 57.0 Å². The number of rotatable bonds is 2. The van der Waals surface area contributed by atoms with Gasteiger partial charge in [0.1, 0.15) is 0 Å². The van der Waals surface area contributed by atoms with Crippen molar-refractivity contribution in [1.82, 2.24) is 10.2 Å². The van der Waals surface area contributed by atoms with Crippen molar-refractivity contribution in [1.29, 1.82) is 0 Å². The Morgan fingerprint density at radius 3 is 2.80 bits per heavy atom. The van der Waals surface area contributed by atoms with Crippen LogP contribution >= 0.6 is 0 Å². The fourth-order valence-electron chi connectivity index (χ4n) is 4.28. The van der Waals surface area contributed by atoms with E-state index >= 15 is 0 Å². The first kappa shape index (κ1) is 13.9. The van der Waals surface area contributed by atoms with Crippen molar-refractivity contribution in [3.63, 3.8) is 0 Å². The zero-order valence-corrected chi connectivity index (χ0v) is 12.0. The molecule has 112 valence electrons. The average Bonchev–Trinajstić information content (AvgIpc) is 2.94.